The first-order valence-corrected chi connectivity index (χ1v) is 3.48. The van der Waals surface area contributed by atoms with Crippen LogP contribution in [0.25, 0.3) is 0 Å². The summed E-state index contributed by atoms with van der Waals surface area (Å²) < 4.78 is 0. The number of nitrogens with zero attached hydrogens (tertiary/aromatic N) is 1. The maximum absolute atomic E-state index is 4.18. The molecule has 1 heterocycles. The van der Waals surface area contributed by atoms with Crippen molar-refractivity contribution in [2.45, 2.75) is 6.42 Å². The van der Waals surface area contributed by atoms with Gasteiger partial charge in [0.1, 0.15) is 0 Å². The molecule has 0 atom stereocenters. The van der Waals surface area contributed by atoms with Gasteiger partial charge in [0.25, 0.3) is 0 Å². The summed E-state index contributed by atoms with van der Waals surface area (Å²) in [5.41, 5.74) is 1.15. The van der Waals surface area contributed by atoms with Crippen molar-refractivity contribution in [3.63, 3.8) is 0 Å². The topological polar surface area (TPSA) is 24.9 Å². The lowest BCUT2D eigenvalue weighted by atomic mass is 10.3. The van der Waals surface area contributed by atoms with E-state index in [0.717, 1.165) is 18.7 Å². The molecule has 0 bridgehead atoms. The molecule has 0 aliphatic rings. The van der Waals surface area contributed by atoms with Gasteiger partial charge >= 0.3 is 0 Å². The third kappa shape index (κ3) is 3.96. The zero-order valence-electron chi connectivity index (χ0n) is 6.58. The van der Waals surface area contributed by atoms with Gasteiger partial charge in [0.05, 0.1) is 0 Å². The van der Waals surface area contributed by atoms with Crippen LogP contribution in [0.15, 0.2) is 24.4 Å². The van der Waals surface area contributed by atoms with Crippen molar-refractivity contribution < 1.29 is 0 Å². The Labute approximate surface area is 73.4 Å². The zero-order valence-corrected chi connectivity index (χ0v) is 7.40. The van der Waals surface area contributed by atoms with Gasteiger partial charge in [-0.15, -0.1) is 12.4 Å². The van der Waals surface area contributed by atoms with Gasteiger partial charge in [-0.05, 0) is 19.2 Å². The average Bonchev–Trinajstić information content (AvgIpc) is 2.03. The van der Waals surface area contributed by atoms with E-state index in [1.54, 1.807) is 0 Å². The molecule has 1 rings (SSSR count). The van der Waals surface area contributed by atoms with Crippen molar-refractivity contribution in [3.8, 4) is 0 Å². The lowest BCUT2D eigenvalue weighted by molar-refractivity contribution is 0.776. The molecule has 3 heteroatoms. The van der Waals surface area contributed by atoms with E-state index in [0.29, 0.717) is 0 Å². The summed E-state index contributed by atoms with van der Waals surface area (Å²) in [4.78, 5) is 4.18. The van der Waals surface area contributed by atoms with Gasteiger partial charge in [0.15, 0.2) is 0 Å². The van der Waals surface area contributed by atoms with Gasteiger partial charge in [-0.3, -0.25) is 4.98 Å². The first kappa shape index (κ1) is 10.4. The van der Waals surface area contributed by atoms with Crippen LogP contribution in [0, 0.1) is 0 Å². The van der Waals surface area contributed by atoms with Crippen LogP contribution in [0.3, 0.4) is 0 Å². The fraction of sp³-hybridized carbons (Fsp3) is 0.375. The minimum absolute atomic E-state index is 0. The Kier molecular flexibility index (Phi) is 5.80. The molecule has 0 amide bonds. The predicted octanol–water partition coefficient (Wildman–Crippen LogP) is 1.27. The van der Waals surface area contributed by atoms with Crippen LogP contribution >= 0.6 is 12.4 Å². The summed E-state index contributed by atoms with van der Waals surface area (Å²) in [5.74, 6) is 0. The van der Waals surface area contributed by atoms with E-state index in [4.69, 9.17) is 0 Å². The molecule has 2 nitrogen and oxygen atoms in total. The number of nitrogens with one attached hydrogen (secondary N) is 1. The summed E-state index contributed by atoms with van der Waals surface area (Å²) in [6.45, 7) is 0.997. The summed E-state index contributed by atoms with van der Waals surface area (Å²) in [6, 6.07) is 5.98. The lowest BCUT2D eigenvalue weighted by Gasteiger charge is -1.96. The summed E-state index contributed by atoms with van der Waals surface area (Å²) in [7, 11) is 1.95. The third-order valence-corrected chi connectivity index (χ3v) is 1.36. The van der Waals surface area contributed by atoms with Gasteiger partial charge in [-0.2, -0.15) is 0 Å². The normalized spacial score (nSPS) is 8.82. The highest BCUT2D eigenvalue weighted by Gasteiger charge is 1.88. The molecule has 0 saturated heterocycles. The fourth-order valence-electron chi connectivity index (χ4n) is 0.799. The first-order chi connectivity index (χ1) is 4.93. The maximum Gasteiger partial charge on any atom is 0.0416 e. The van der Waals surface area contributed by atoms with Crippen LogP contribution in [-0.2, 0) is 6.42 Å². The SMILES string of the molecule is CNCCc1ccccn1.Cl. The predicted molar refractivity (Wildman–Crippen MR) is 49.1 cm³/mol. The summed E-state index contributed by atoms with van der Waals surface area (Å²) >= 11 is 0. The van der Waals surface area contributed by atoms with Crippen LogP contribution < -0.4 is 5.32 Å². The standard InChI is InChI=1S/C8H12N2.ClH/c1-9-7-5-8-4-2-3-6-10-8;/h2-4,6,9H,5,7H2,1H3;1H. The van der Waals surface area contributed by atoms with Crippen molar-refractivity contribution in [1.82, 2.24) is 10.3 Å². The van der Waals surface area contributed by atoms with E-state index in [9.17, 15) is 0 Å². The molecule has 11 heavy (non-hydrogen) atoms. The Bertz CT molecular complexity index is 177. The molecule has 0 aliphatic heterocycles. The molecule has 0 aromatic carbocycles. The van der Waals surface area contributed by atoms with E-state index in [-0.39, 0.29) is 12.4 Å². The Hall–Kier alpha value is -0.600. The molecule has 0 spiro atoms. The Morgan fingerprint density at radius 1 is 1.45 bits per heavy atom. The monoisotopic (exact) mass is 172 g/mol. The zero-order chi connectivity index (χ0) is 7.23. The molecule has 1 aromatic heterocycles. The van der Waals surface area contributed by atoms with Gasteiger partial charge in [-0.25, -0.2) is 0 Å². The van der Waals surface area contributed by atoms with E-state index in [2.05, 4.69) is 10.3 Å². The molecular weight excluding hydrogens is 160 g/mol. The van der Waals surface area contributed by atoms with Crippen LogP contribution in [0.5, 0.6) is 0 Å². The van der Waals surface area contributed by atoms with Crippen molar-refractivity contribution in [2.24, 2.45) is 0 Å². The van der Waals surface area contributed by atoms with Crippen LogP contribution in [0.2, 0.25) is 0 Å². The molecule has 62 valence electrons. The minimum atomic E-state index is 0. The number of halogens is 1. The maximum atomic E-state index is 4.18. The van der Waals surface area contributed by atoms with Crippen LogP contribution in [0.1, 0.15) is 5.69 Å². The van der Waals surface area contributed by atoms with Gasteiger partial charge in [0, 0.05) is 24.9 Å². The van der Waals surface area contributed by atoms with E-state index in [1.807, 2.05) is 31.4 Å². The lowest BCUT2D eigenvalue weighted by Crippen LogP contribution is -2.10. The average molecular weight is 173 g/mol. The van der Waals surface area contributed by atoms with Crippen molar-refractivity contribution in [3.05, 3.63) is 30.1 Å². The van der Waals surface area contributed by atoms with Crippen LogP contribution in [0.4, 0.5) is 0 Å². The molecule has 0 saturated carbocycles. The Morgan fingerprint density at radius 3 is 2.82 bits per heavy atom. The van der Waals surface area contributed by atoms with Gasteiger partial charge < -0.3 is 5.32 Å². The van der Waals surface area contributed by atoms with E-state index in [1.165, 1.54) is 0 Å². The number of likely N-dealkylation sites (N-methyl/N-ethyl adjacent to an activating group) is 1. The minimum Gasteiger partial charge on any atom is -0.319 e. The van der Waals surface area contributed by atoms with Crippen molar-refractivity contribution in [1.29, 1.82) is 0 Å². The highest BCUT2D eigenvalue weighted by molar-refractivity contribution is 5.85. The molecular formula is C8H13ClN2. The second-order valence-electron chi connectivity index (χ2n) is 2.17. The first-order valence-electron chi connectivity index (χ1n) is 3.48. The van der Waals surface area contributed by atoms with Gasteiger partial charge in [-0.1, -0.05) is 6.07 Å². The molecule has 1 N–H and O–H groups in total. The molecule has 0 radical (unpaired) electrons. The molecule has 0 fully saturated rings. The summed E-state index contributed by atoms with van der Waals surface area (Å²) in [6.07, 6.45) is 2.84. The number of hydrogen-bond donors (Lipinski definition) is 1. The second-order valence-corrected chi connectivity index (χ2v) is 2.17. The van der Waals surface area contributed by atoms with E-state index < -0.39 is 0 Å². The highest BCUT2D eigenvalue weighted by atomic mass is 35.5. The molecule has 0 unspecified atom stereocenters. The number of aromatic nitrogens is 1. The quantitative estimate of drug-likeness (QED) is 0.743. The van der Waals surface area contributed by atoms with Crippen LogP contribution in [-0.4, -0.2) is 18.6 Å². The molecule has 1 aromatic rings. The Morgan fingerprint density at radius 2 is 2.27 bits per heavy atom. The Balaban J connectivity index is 0.000001000. The van der Waals surface area contributed by atoms with Gasteiger partial charge in [0.2, 0.25) is 0 Å². The molecule has 0 aliphatic carbocycles. The van der Waals surface area contributed by atoms with E-state index >= 15 is 0 Å². The largest absolute Gasteiger partial charge is 0.319 e. The third-order valence-electron chi connectivity index (χ3n) is 1.36. The number of rotatable bonds is 3. The highest BCUT2D eigenvalue weighted by Crippen LogP contribution is 1.92. The number of hydrogen-bond acceptors (Lipinski definition) is 2. The number of pyridine rings is 1. The summed E-state index contributed by atoms with van der Waals surface area (Å²) in [5, 5.41) is 3.08. The van der Waals surface area contributed by atoms with Crippen molar-refractivity contribution in [2.75, 3.05) is 13.6 Å². The fourth-order valence-corrected chi connectivity index (χ4v) is 0.799. The second kappa shape index (κ2) is 6.13. The smallest absolute Gasteiger partial charge is 0.0416 e. The van der Waals surface area contributed by atoms with Crippen molar-refractivity contribution >= 4 is 12.4 Å².